The van der Waals surface area contributed by atoms with Crippen LogP contribution in [-0.4, -0.2) is 4.98 Å². The van der Waals surface area contributed by atoms with Gasteiger partial charge in [-0.05, 0) is 34.1 Å². The van der Waals surface area contributed by atoms with Gasteiger partial charge in [-0.3, -0.25) is 0 Å². The average molecular weight is 279 g/mol. The summed E-state index contributed by atoms with van der Waals surface area (Å²) in [5.74, 6) is 0. The number of nitrogens with two attached hydrogens (primary N) is 1. The molecule has 2 nitrogen and oxygen atoms in total. The van der Waals surface area contributed by atoms with Gasteiger partial charge in [0.15, 0.2) is 0 Å². The molecule has 0 bridgehead atoms. The Hall–Kier alpha value is -1.17. The van der Waals surface area contributed by atoms with Crippen LogP contribution in [0.3, 0.4) is 0 Å². The highest BCUT2D eigenvalue weighted by molar-refractivity contribution is 9.10. The van der Waals surface area contributed by atoms with Crippen molar-refractivity contribution in [3.05, 3.63) is 28.4 Å². The maximum atomic E-state index is 12.4. The van der Waals surface area contributed by atoms with E-state index < -0.39 is 11.9 Å². The van der Waals surface area contributed by atoms with Gasteiger partial charge in [0, 0.05) is 15.5 Å². The van der Waals surface area contributed by atoms with Crippen molar-refractivity contribution in [3.63, 3.8) is 0 Å². The molecule has 0 saturated heterocycles. The van der Waals surface area contributed by atoms with Gasteiger partial charge in [0.25, 0.3) is 0 Å². The Labute approximate surface area is 91.4 Å². The molecule has 1 heterocycles. The number of nitrogens with one attached hydrogen (secondary N) is 1. The SMILES string of the molecule is Nc1cc(Br)c2[nH]c(C(F)(F)F)cc2c1. The number of halogens is 4. The monoisotopic (exact) mass is 278 g/mol. The van der Waals surface area contributed by atoms with Crippen LogP contribution in [0.25, 0.3) is 10.9 Å². The molecular formula is C9H6BrF3N2. The van der Waals surface area contributed by atoms with Crippen molar-refractivity contribution in [2.24, 2.45) is 0 Å². The maximum Gasteiger partial charge on any atom is 0.431 e. The van der Waals surface area contributed by atoms with Gasteiger partial charge in [-0.15, -0.1) is 0 Å². The largest absolute Gasteiger partial charge is 0.431 e. The fraction of sp³-hybridized carbons (Fsp3) is 0.111. The number of anilines is 1. The van der Waals surface area contributed by atoms with Crippen molar-refractivity contribution in [3.8, 4) is 0 Å². The summed E-state index contributed by atoms with van der Waals surface area (Å²) < 4.78 is 37.7. The first kappa shape index (κ1) is 10.4. The average Bonchev–Trinajstić information content (AvgIpc) is 2.46. The highest BCUT2D eigenvalue weighted by atomic mass is 79.9. The molecule has 0 amide bonds. The maximum absolute atomic E-state index is 12.4. The number of H-pyrrole nitrogens is 1. The Morgan fingerprint density at radius 3 is 2.47 bits per heavy atom. The number of nitrogen functional groups attached to an aromatic ring is 1. The van der Waals surface area contributed by atoms with Gasteiger partial charge in [-0.1, -0.05) is 0 Å². The van der Waals surface area contributed by atoms with E-state index in [1.54, 1.807) is 6.07 Å². The van der Waals surface area contributed by atoms with Gasteiger partial charge in [-0.2, -0.15) is 13.2 Å². The number of benzene rings is 1. The molecule has 15 heavy (non-hydrogen) atoms. The second kappa shape index (κ2) is 3.16. The van der Waals surface area contributed by atoms with E-state index in [1.165, 1.54) is 6.07 Å². The number of fused-ring (bicyclic) bond motifs is 1. The van der Waals surface area contributed by atoms with Crippen LogP contribution in [0.2, 0.25) is 0 Å². The van der Waals surface area contributed by atoms with Crippen molar-refractivity contribution < 1.29 is 13.2 Å². The van der Waals surface area contributed by atoms with Gasteiger partial charge < -0.3 is 10.7 Å². The van der Waals surface area contributed by atoms with E-state index in [9.17, 15) is 13.2 Å². The lowest BCUT2D eigenvalue weighted by molar-refractivity contribution is -0.140. The number of alkyl halides is 3. The summed E-state index contributed by atoms with van der Waals surface area (Å²) in [5.41, 5.74) is 5.56. The minimum atomic E-state index is -4.37. The van der Waals surface area contributed by atoms with Gasteiger partial charge in [-0.25, -0.2) is 0 Å². The van der Waals surface area contributed by atoms with Crippen LogP contribution >= 0.6 is 15.9 Å². The normalized spacial score (nSPS) is 12.3. The third-order valence-electron chi connectivity index (χ3n) is 2.01. The molecule has 0 spiro atoms. The molecule has 0 saturated carbocycles. The molecule has 80 valence electrons. The summed E-state index contributed by atoms with van der Waals surface area (Å²) in [4.78, 5) is 2.30. The molecule has 0 aliphatic carbocycles. The number of rotatable bonds is 0. The number of aromatic nitrogens is 1. The lowest BCUT2D eigenvalue weighted by Crippen LogP contribution is -2.04. The molecule has 0 aliphatic heterocycles. The first-order valence-corrected chi connectivity index (χ1v) is 4.82. The highest BCUT2D eigenvalue weighted by Crippen LogP contribution is 2.34. The van der Waals surface area contributed by atoms with Crippen molar-refractivity contribution in [2.75, 3.05) is 5.73 Å². The number of aromatic amines is 1. The van der Waals surface area contributed by atoms with Gasteiger partial charge in [0.05, 0.1) is 5.52 Å². The molecule has 3 N–H and O–H groups in total. The third-order valence-corrected chi connectivity index (χ3v) is 2.63. The predicted octanol–water partition coefficient (Wildman–Crippen LogP) is 3.53. The van der Waals surface area contributed by atoms with E-state index in [0.717, 1.165) is 6.07 Å². The van der Waals surface area contributed by atoms with Crippen molar-refractivity contribution in [2.45, 2.75) is 6.18 Å². The summed E-state index contributed by atoms with van der Waals surface area (Å²) in [6.07, 6.45) is -4.37. The fourth-order valence-corrected chi connectivity index (χ4v) is 1.97. The molecular weight excluding hydrogens is 273 g/mol. The summed E-state index contributed by atoms with van der Waals surface area (Å²) in [7, 11) is 0. The molecule has 2 aromatic rings. The Morgan fingerprint density at radius 1 is 1.20 bits per heavy atom. The summed E-state index contributed by atoms with van der Waals surface area (Å²) in [5, 5.41) is 0.439. The minimum Gasteiger partial charge on any atom is -0.399 e. The van der Waals surface area contributed by atoms with Crippen LogP contribution in [0.5, 0.6) is 0 Å². The summed E-state index contributed by atoms with van der Waals surface area (Å²) in [6, 6.07) is 4.08. The van der Waals surface area contributed by atoms with Crippen molar-refractivity contribution in [1.82, 2.24) is 4.98 Å². The molecule has 1 aromatic carbocycles. The second-order valence-electron chi connectivity index (χ2n) is 3.15. The zero-order valence-electron chi connectivity index (χ0n) is 7.32. The van der Waals surface area contributed by atoms with Crippen molar-refractivity contribution in [1.29, 1.82) is 0 Å². The molecule has 0 radical (unpaired) electrons. The molecule has 0 fully saturated rings. The van der Waals surface area contributed by atoms with Crippen LogP contribution in [0.1, 0.15) is 5.69 Å². The van der Waals surface area contributed by atoms with Crippen LogP contribution in [0.4, 0.5) is 18.9 Å². The molecule has 0 aliphatic rings. The smallest absolute Gasteiger partial charge is 0.399 e. The number of hydrogen-bond acceptors (Lipinski definition) is 1. The molecule has 1 aromatic heterocycles. The fourth-order valence-electron chi connectivity index (χ4n) is 1.37. The topological polar surface area (TPSA) is 41.8 Å². The first-order valence-electron chi connectivity index (χ1n) is 4.03. The van der Waals surface area contributed by atoms with E-state index in [2.05, 4.69) is 20.9 Å². The third kappa shape index (κ3) is 1.81. The Bertz CT molecular complexity index is 516. The van der Waals surface area contributed by atoms with Crippen LogP contribution < -0.4 is 5.73 Å². The van der Waals surface area contributed by atoms with Crippen LogP contribution in [0.15, 0.2) is 22.7 Å². The lowest BCUT2D eigenvalue weighted by Gasteiger charge is -2.01. The molecule has 0 atom stereocenters. The Morgan fingerprint density at radius 2 is 1.87 bits per heavy atom. The van der Waals surface area contributed by atoms with Gasteiger partial charge in [0.1, 0.15) is 5.69 Å². The zero-order chi connectivity index (χ0) is 11.2. The first-order chi connectivity index (χ1) is 6.88. The molecule has 2 rings (SSSR count). The van der Waals surface area contributed by atoms with Crippen LogP contribution in [0, 0.1) is 0 Å². The van der Waals surface area contributed by atoms with E-state index in [1.807, 2.05) is 0 Å². The van der Waals surface area contributed by atoms with E-state index in [0.29, 0.717) is 21.1 Å². The highest BCUT2D eigenvalue weighted by Gasteiger charge is 2.32. The Kier molecular flexibility index (Phi) is 2.18. The minimum absolute atomic E-state index is 0.400. The van der Waals surface area contributed by atoms with Gasteiger partial charge in [0.2, 0.25) is 0 Å². The second-order valence-corrected chi connectivity index (χ2v) is 4.00. The summed E-state index contributed by atoms with van der Waals surface area (Å²) in [6.45, 7) is 0. The van der Waals surface area contributed by atoms with Gasteiger partial charge >= 0.3 is 6.18 Å². The summed E-state index contributed by atoms with van der Waals surface area (Å²) >= 11 is 3.15. The van der Waals surface area contributed by atoms with E-state index in [-0.39, 0.29) is 0 Å². The van der Waals surface area contributed by atoms with Crippen LogP contribution in [-0.2, 0) is 6.18 Å². The predicted molar refractivity (Wildman–Crippen MR) is 55.4 cm³/mol. The number of hydrogen-bond donors (Lipinski definition) is 2. The molecule has 6 heteroatoms. The van der Waals surface area contributed by atoms with E-state index in [4.69, 9.17) is 5.73 Å². The van der Waals surface area contributed by atoms with Crippen molar-refractivity contribution >= 4 is 32.5 Å². The lowest BCUT2D eigenvalue weighted by atomic mass is 10.2. The standard InChI is InChI=1S/C9H6BrF3N2/c10-6-3-5(14)1-4-2-7(9(11,12)13)15-8(4)6/h1-3,15H,14H2. The zero-order valence-corrected chi connectivity index (χ0v) is 8.91. The Balaban J connectivity index is 2.71. The van der Waals surface area contributed by atoms with E-state index >= 15 is 0 Å². The quantitative estimate of drug-likeness (QED) is 0.712. The molecule has 0 unspecified atom stereocenters.